The van der Waals surface area contributed by atoms with E-state index in [-0.39, 0.29) is 0 Å². The van der Waals surface area contributed by atoms with E-state index >= 15 is 0 Å². The summed E-state index contributed by atoms with van der Waals surface area (Å²) >= 11 is 0. The molecule has 0 aliphatic heterocycles. The topological polar surface area (TPSA) is 17.8 Å². The highest BCUT2D eigenvalue weighted by atomic mass is 15.3. The Kier molecular flexibility index (Phi) is 4.41. The van der Waals surface area contributed by atoms with E-state index in [9.17, 15) is 0 Å². The van der Waals surface area contributed by atoms with Gasteiger partial charge in [-0.05, 0) is 84.3 Å². The van der Waals surface area contributed by atoms with Crippen LogP contribution in [0.25, 0.3) is 27.9 Å². The lowest BCUT2D eigenvalue weighted by Gasteiger charge is -2.18. The van der Waals surface area contributed by atoms with E-state index in [1.54, 1.807) is 0 Å². The Labute approximate surface area is 161 Å². The van der Waals surface area contributed by atoms with E-state index in [0.29, 0.717) is 0 Å². The van der Waals surface area contributed by atoms with Crippen molar-refractivity contribution in [3.63, 3.8) is 0 Å². The van der Waals surface area contributed by atoms with E-state index in [4.69, 9.17) is 0 Å². The smallest absolute Gasteiger partial charge is 0.0677 e. The fourth-order valence-electron chi connectivity index (χ4n) is 3.92. The van der Waals surface area contributed by atoms with Crippen molar-refractivity contribution < 1.29 is 0 Å². The summed E-state index contributed by atoms with van der Waals surface area (Å²) in [6, 6.07) is 21.5. The molecule has 0 saturated carbocycles. The average Bonchev–Trinajstić information content (AvgIpc) is 3.20. The number of rotatable bonds is 3. The molecule has 0 atom stereocenters. The average molecular weight is 352 g/mol. The van der Waals surface area contributed by atoms with Gasteiger partial charge >= 0.3 is 0 Å². The van der Waals surface area contributed by atoms with Crippen LogP contribution in [0.5, 0.6) is 0 Å². The third-order valence-corrected chi connectivity index (χ3v) is 5.42. The fourth-order valence-corrected chi connectivity index (χ4v) is 3.92. The van der Waals surface area contributed by atoms with Crippen LogP contribution in [0, 0.1) is 27.7 Å². The largest absolute Gasteiger partial charge is 0.241 e. The van der Waals surface area contributed by atoms with Crippen molar-refractivity contribution in [3.05, 3.63) is 95.3 Å². The second-order valence-electron chi connectivity index (χ2n) is 7.18. The molecule has 0 amide bonds. The molecular weight excluding hydrogens is 328 g/mol. The van der Waals surface area contributed by atoms with Gasteiger partial charge in [0.15, 0.2) is 0 Å². The van der Waals surface area contributed by atoms with Gasteiger partial charge in [0.25, 0.3) is 0 Å². The Morgan fingerprint density at radius 2 is 1.41 bits per heavy atom. The molecule has 1 aromatic heterocycles. The number of aromatic nitrogens is 2. The highest BCUT2D eigenvalue weighted by Gasteiger charge is 2.14. The molecule has 3 aromatic carbocycles. The molecule has 0 saturated heterocycles. The van der Waals surface area contributed by atoms with Gasteiger partial charge in [0.2, 0.25) is 0 Å². The van der Waals surface area contributed by atoms with E-state index in [1.807, 2.05) is 23.1 Å². The number of nitrogens with zero attached hydrogens (tertiary/aromatic N) is 2. The maximum atomic E-state index is 4.39. The van der Waals surface area contributed by atoms with Gasteiger partial charge in [0.1, 0.15) is 0 Å². The second kappa shape index (κ2) is 6.88. The number of benzene rings is 3. The Balaban J connectivity index is 1.84. The molecule has 0 aliphatic carbocycles. The van der Waals surface area contributed by atoms with Gasteiger partial charge in [0, 0.05) is 12.4 Å². The van der Waals surface area contributed by atoms with Gasteiger partial charge in [-0.25, -0.2) is 4.68 Å². The van der Waals surface area contributed by atoms with Crippen LogP contribution in [0.4, 0.5) is 0 Å². The zero-order valence-electron chi connectivity index (χ0n) is 16.3. The van der Waals surface area contributed by atoms with Crippen LogP contribution in [0.2, 0.25) is 0 Å². The highest BCUT2D eigenvalue weighted by Crippen LogP contribution is 2.36. The number of aryl methyl sites for hydroxylation is 2. The zero-order valence-corrected chi connectivity index (χ0v) is 16.3. The molecule has 4 aromatic rings. The van der Waals surface area contributed by atoms with Gasteiger partial charge in [-0.2, -0.15) is 5.10 Å². The van der Waals surface area contributed by atoms with Crippen LogP contribution >= 0.6 is 0 Å². The molecule has 0 spiro atoms. The summed E-state index contributed by atoms with van der Waals surface area (Å²) in [6.07, 6.45) is 3.81. The molecule has 27 heavy (non-hydrogen) atoms. The Morgan fingerprint density at radius 3 is 2.04 bits per heavy atom. The van der Waals surface area contributed by atoms with Crippen LogP contribution in [-0.4, -0.2) is 9.78 Å². The van der Waals surface area contributed by atoms with Crippen molar-refractivity contribution in [1.82, 2.24) is 9.78 Å². The van der Waals surface area contributed by atoms with Gasteiger partial charge < -0.3 is 0 Å². The Morgan fingerprint density at radius 1 is 0.704 bits per heavy atom. The van der Waals surface area contributed by atoms with Gasteiger partial charge in [-0.1, -0.05) is 48.5 Å². The Bertz CT molecular complexity index is 1070. The molecule has 4 rings (SSSR count). The van der Waals surface area contributed by atoms with E-state index in [1.165, 1.54) is 44.5 Å². The molecular formula is C25H24N2. The first-order valence-electron chi connectivity index (χ1n) is 9.33. The molecule has 0 bridgehead atoms. The molecule has 0 fully saturated rings. The van der Waals surface area contributed by atoms with Gasteiger partial charge in [0.05, 0.1) is 5.69 Å². The molecule has 134 valence electrons. The van der Waals surface area contributed by atoms with Gasteiger partial charge in [-0.15, -0.1) is 0 Å². The lowest BCUT2D eigenvalue weighted by molar-refractivity contribution is 0.871. The van der Waals surface area contributed by atoms with Gasteiger partial charge in [-0.3, -0.25) is 0 Å². The highest BCUT2D eigenvalue weighted by molar-refractivity contribution is 5.79. The van der Waals surface area contributed by atoms with Crippen molar-refractivity contribution in [2.24, 2.45) is 0 Å². The van der Waals surface area contributed by atoms with Crippen molar-refractivity contribution in [3.8, 4) is 27.9 Å². The molecule has 0 radical (unpaired) electrons. The lowest BCUT2D eigenvalue weighted by atomic mass is 9.88. The molecule has 2 heteroatoms. The summed E-state index contributed by atoms with van der Waals surface area (Å²) in [5, 5.41) is 4.39. The van der Waals surface area contributed by atoms with E-state index < -0.39 is 0 Å². The van der Waals surface area contributed by atoms with Crippen LogP contribution in [0.1, 0.15) is 22.3 Å². The summed E-state index contributed by atoms with van der Waals surface area (Å²) in [5.74, 6) is 0. The summed E-state index contributed by atoms with van der Waals surface area (Å²) in [4.78, 5) is 0. The molecule has 0 N–H and O–H groups in total. The minimum absolute atomic E-state index is 1.14. The second-order valence-corrected chi connectivity index (χ2v) is 7.18. The first kappa shape index (κ1) is 17.3. The minimum Gasteiger partial charge on any atom is -0.241 e. The molecule has 2 nitrogen and oxygen atoms in total. The maximum Gasteiger partial charge on any atom is 0.0677 e. The number of hydrogen-bond donors (Lipinski definition) is 0. The normalized spacial score (nSPS) is 11.0. The van der Waals surface area contributed by atoms with E-state index in [2.05, 4.69) is 87.4 Å². The predicted octanol–water partition coefficient (Wildman–Crippen LogP) is 6.44. The minimum atomic E-state index is 1.14. The quantitative estimate of drug-likeness (QED) is 0.415. The summed E-state index contributed by atoms with van der Waals surface area (Å²) in [7, 11) is 0. The first-order chi connectivity index (χ1) is 13.1. The van der Waals surface area contributed by atoms with Crippen molar-refractivity contribution in [1.29, 1.82) is 0 Å². The third-order valence-electron chi connectivity index (χ3n) is 5.42. The monoisotopic (exact) mass is 352 g/mol. The van der Waals surface area contributed by atoms with Crippen LogP contribution < -0.4 is 0 Å². The summed E-state index contributed by atoms with van der Waals surface area (Å²) in [6.45, 7) is 8.82. The predicted molar refractivity (Wildman–Crippen MR) is 113 cm³/mol. The SMILES string of the molecule is Cc1cc(-c2ccccc2)cc(C)c1-c1ccc(-n2cccn2)c(C)c1C. The van der Waals surface area contributed by atoms with Crippen molar-refractivity contribution in [2.45, 2.75) is 27.7 Å². The molecule has 1 heterocycles. The van der Waals surface area contributed by atoms with Crippen LogP contribution in [0.15, 0.2) is 73.1 Å². The van der Waals surface area contributed by atoms with Crippen LogP contribution in [0.3, 0.4) is 0 Å². The lowest BCUT2D eigenvalue weighted by Crippen LogP contribution is -2.01. The van der Waals surface area contributed by atoms with Crippen molar-refractivity contribution in [2.75, 3.05) is 0 Å². The fraction of sp³-hybridized carbons (Fsp3) is 0.160. The number of hydrogen-bond acceptors (Lipinski definition) is 1. The third kappa shape index (κ3) is 3.08. The molecule has 0 aliphatic rings. The standard InChI is InChI=1S/C25H24N2/c1-17-15-22(21-9-6-5-7-10-21)16-18(2)25(17)23-11-12-24(20(4)19(23)3)27-14-8-13-26-27/h5-16H,1-4H3. The maximum absolute atomic E-state index is 4.39. The van der Waals surface area contributed by atoms with Crippen molar-refractivity contribution >= 4 is 0 Å². The summed E-state index contributed by atoms with van der Waals surface area (Å²) in [5.41, 5.74) is 11.5. The first-order valence-corrected chi connectivity index (χ1v) is 9.33. The molecule has 0 unspecified atom stereocenters. The Hall–Kier alpha value is -3.13. The summed E-state index contributed by atoms with van der Waals surface area (Å²) < 4.78 is 1.93. The zero-order chi connectivity index (χ0) is 19.0. The van der Waals surface area contributed by atoms with Crippen LogP contribution in [-0.2, 0) is 0 Å². The van der Waals surface area contributed by atoms with E-state index in [0.717, 1.165) is 5.69 Å².